The van der Waals surface area contributed by atoms with Gasteiger partial charge in [-0.15, -0.1) is 11.6 Å². The molecule has 2 heterocycles. The summed E-state index contributed by atoms with van der Waals surface area (Å²) in [5.74, 6) is 1.33. The van der Waals surface area contributed by atoms with Crippen molar-refractivity contribution in [2.75, 3.05) is 17.3 Å². The van der Waals surface area contributed by atoms with E-state index >= 15 is 0 Å². The smallest absolute Gasteiger partial charge is 0.271 e. The first kappa shape index (κ1) is 14.1. The number of fused-ring (bicyclic) bond motifs is 1. The maximum absolute atomic E-state index is 10.8. The number of nitro benzene ring substituents is 1. The summed E-state index contributed by atoms with van der Waals surface area (Å²) in [6.07, 6.45) is 4.56. The Labute approximate surface area is 127 Å². The number of H-pyrrole nitrogens is 1. The summed E-state index contributed by atoms with van der Waals surface area (Å²) < 4.78 is 0. The highest BCUT2D eigenvalue weighted by Gasteiger charge is 2.23. The summed E-state index contributed by atoms with van der Waals surface area (Å²) in [5, 5.41) is 10.8. The molecule has 0 saturated carbocycles. The standard InChI is InChI=1S/C14H17ClN4O2/c15-9-11-4-2-1-3-7-18(11)14-16-12-6-5-10(19(20)21)8-13(12)17-14/h5-6,8,11H,1-4,7,9H2,(H,16,17). The molecule has 112 valence electrons. The molecule has 0 aliphatic carbocycles. The highest BCUT2D eigenvalue weighted by atomic mass is 35.5. The van der Waals surface area contributed by atoms with Crippen molar-refractivity contribution in [3.8, 4) is 0 Å². The molecule has 1 aromatic carbocycles. The van der Waals surface area contributed by atoms with Crippen LogP contribution in [0.25, 0.3) is 11.0 Å². The molecule has 1 saturated heterocycles. The Bertz CT molecular complexity index is 657. The molecule has 1 atom stereocenters. The van der Waals surface area contributed by atoms with Gasteiger partial charge in [-0.05, 0) is 18.9 Å². The van der Waals surface area contributed by atoms with E-state index in [1.807, 2.05) is 0 Å². The second-order valence-corrected chi connectivity index (χ2v) is 5.68. The normalized spacial score (nSPS) is 19.7. The molecule has 1 unspecified atom stereocenters. The molecular weight excluding hydrogens is 292 g/mol. The van der Waals surface area contributed by atoms with E-state index in [0.717, 1.165) is 30.9 Å². The molecule has 0 spiro atoms. The van der Waals surface area contributed by atoms with Gasteiger partial charge < -0.3 is 9.88 Å². The van der Waals surface area contributed by atoms with Crippen molar-refractivity contribution in [2.24, 2.45) is 0 Å². The van der Waals surface area contributed by atoms with Crippen molar-refractivity contribution >= 4 is 34.3 Å². The summed E-state index contributed by atoms with van der Waals surface area (Å²) >= 11 is 6.09. The van der Waals surface area contributed by atoms with Crippen LogP contribution in [0.5, 0.6) is 0 Å². The summed E-state index contributed by atoms with van der Waals surface area (Å²) in [6.45, 7) is 0.916. The van der Waals surface area contributed by atoms with Gasteiger partial charge in [-0.2, -0.15) is 0 Å². The third-order valence-corrected chi connectivity index (χ3v) is 4.35. The molecule has 0 bridgehead atoms. The molecule has 1 aliphatic rings. The largest absolute Gasteiger partial charge is 0.338 e. The van der Waals surface area contributed by atoms with Crippen LogP contribution in [-0.4, -0.2) is 33.4 Å². The summed E-state index contributed by atoms with van der Waals surface area (Å²) in [4.78, 5) is 20.4. The van der Waals surface area contributed by atoms with Crippen molar-refractivity contribution in [3.63, 3.8) is 0 Å². The van der Waals surface area contributed by atoms with Gasteiger partial charge in [0.2, 0.25) is 5.95 Å². The number of benzene rings is 1. The number of aromatic amines is 1. The second-order valence-electron chi connectivity index (χ2n) is 5.37. The lowest BCUT2D eigenvalue weighted by molar-refractivity contribution is -0.384. The molecule has 0 radical (unpaired) electrons. The number of imidazole rings is 1. The molecule has 3 rings (SSSR count). The van der Waals surface area contributed by atoms with E-state index in [-0.39, 0.29) is 11.7 Å². The van der Waals surface area contributed by atoms with Gasteiger partial charge in [0.15, 0.2) is 0 Å². The van der Waals surface area contributed by atoms with Crippen LogP contribution in [-0.2, 0) is 0 Å². The van der Waals surface area contributed by atoms with E-state index in [1.165, 1.54) is 25.0 Å². The molecule has 2 aromatic rings. The van der Waals surface area contributed by atoms with Crippen molar-refractivity contribution in [1.82, 2.24) is 9.97 Å². The Kier molecular flexibility index (Phi) is 3.96. The van der Waals surface area contributed by atoms with Crippen molar-refractivity contribution < 1.29 is 4.92 Å². The van der Waals surface area contributed by atoms with Gasteiger partial charge in [-0.25, -0.2) is 4.98 Å². The Balaban J connectivity index is 1.97. The number of nitro groups is 1. The number of nitrogens with zero attached hydrogens (tertiary/aromatic N) is 3. The number of alkyl halides is 1. The van der Waals surface area contributed by atoms with Crippen LogP contribution < -0.4 is 4.90 Å². The summed E-state index contributed by atoms with van der Waals surface area (Å²) in [6, 6.07) is 4.96. The molecule has 1 N–H and O–H groups in total. The minimum atomic E-state index is -0.395. The zero-order valence-corrected chi connectivity index (χ0v) is 12.3. The fourth-order valence-electron chi connectivity index (χ4n) is 2.85. The molecular formula is C14H17ClN4O2. The first-order valence-electron chi connectivity index (χ1n) is 7.16. The SMILES string of the molecule is O=[N+]([O-])c1ccc2nc(N3CCCCCC3CCl)[nH]c2c1. The van der Waals surface area contributed by atoms with Gasteiger partial charge in [-0.3, -0.25) is 10.1 Å². The van der Waals surface area contributed by atoms with Gasteiger partial charge in [0.05, 0.1) is 16.0 Å². The predicted molar refractivity (Wildman–Crippen MR) is 83.1 cm³/mol. The van der Waals surface area contributed by atoms with Crippen LogP contribution in [0.1, 0.15) is 25.7 Å². The Morgan fingerprint density at radius 2 is 2.29 bits per heavy atom. The number of aromatic nitrogens is 2. The average Bonchev–Trinajstić information content (AvgIpc) is 2.75. The highest BCUT2D eigenvalue weighted by Crippen LogP contribution is 2.26. The molecule has 1 aliphatic heterocycles. The molecule has 1 aromatic heterocycles. The fraction of sp³-hybridized carbons (Fsp3) is 0.500. The van der Waals surface area contributed by atoms with Crippen LogP contribution >= 0.6 is 11.6 Å². The number of anilines is 1. The zero-order valence-electron chi connectivity index (χ0n) is 11.6. The van der Waals surface area contributed by atoms with Gasteiger partial charge >= 0.3 is 0 Å². The van der Waals surface area contributed by atoms with Gasteiger partial charge in [-0.1, -0.05) is 12.8 Å². The quantitative estimate of drug-likeness (QED) is 0.535. The third-order valence-electron chi connectivity index (χ3n) is 3.99. The van der Waals surface area contributed by atoms with E-state index < -0.39 is 4.92 Å². The molecule has 6 nitrogen and oxygen atoms in total. The second kappa shape index (κ2) is 5.89. The van der Waals surface area contributed by atoms with Crippen molar-refractivity contribution in [2.45, 2.75) is 31.7 Å². The summed E-state index contributed by atoms with van der Waals surface area (Å²) in [5.41, 5.74) is 1.51. The number of non-ortho nitro benzene ring substituents is 1. The van der Waals surface area contributed by atoms with Crippen LogP contribution in [0.4, 0.5) is 11.6 Å². The topological polar surface area (TPSA) is 75.1 Å². The lowest BCUT2D eigenvalue weighted by atomic mass is 10.1. The first-order chi connectivity index (χ1) is 10.2. The number of hydrogen-bond acceptors (Lipinski definition) is 4. The number of rotatable bonds is 3. The van der Waals surface area contributed by atoms with E-state index in [0.29, 0.717) is 11.4 Å². The van der Waals surface area contributed by atoms with E-state index in [9.17, 15) is 10.1 Å². The summed E-state index contributed by atoms with van der Waals surface area (Å²) in [7, 11) is 0. The Morgan fingerprint density at radius 1 is 1.43 bits per heavy atom. The van der Waals surface area contributed by atoms with E-state index in [4.69, 9.17) is 11.6 Å². The van der Waals surface area contributed by atoms with Crippen LogP contribution in [0.3, 0.4) is 0 Å². The zero-order chi connectivity index (χ0) is 14.8. The maximum Gasteiger partial charge on any atom is 0.271 e. The molecule has 21 heavy (non-hydrogen) atoms. The third kappa shape index (κ3) is 2.81. The van der Waals surface area contributed by atoms with Gasteiger partial charge in [0.25, 0.3) is 5.69 Å². The number of nitrogens with one attached hydrogen (secondary N) is 1. The first-order valence-corrected chi connectivity index (χ1v) is 7.69. The van der Waals surface area contributed by atoms with Gasteiger partial charge in [0.1, 0.15) is 0 Å². The molecule has 1 fully saturated rings. The average molecular weight is 309 g/mol. The van der Waals surface area contributed by atoms with Gasteiger partial charge in [0, 0.05) is 30.6 Å². The predicted octanol–water partition coefficient (Wildman–Crippen LogP) is 3.46. The Hall–Kier alpha value is -1.82. The number of hydrogen-bond donors (Lipinski definition) is 1. The lowest BCUT2D eigenvalue weighted by Gasteiger charge is -2.27. The maximum atomic E-state index is 10.8. The minimum absolute atomic E-state index is 0.0717. The van der Waals surface area contributed by atoms with Crippen LogP contribution in [0.15, 0.2) is 18.2 Å². The van der Waals surface area contributed by atoms with Crippen LogP contribution in [0.2, 0.25) is 0 Å². The Morgan fingerprint density at radius 3 is 3.05 bits per heavy atom. The van der Waals surface area contributed by atoms with Crippen molar-refractivity contribution in [1.29, 1.82) is 0 Å². The van der Waals surface area contributed by atoms with E-state index in [1.54, 1.807) is 6.07 Å². The molecule has 0 amide bonds. The fourth-order valence-corrected chi connectivity index (χ4v) is 3.17. The number of halogens is 1. The van der Waals surface area contributed by atoms with Crippen LogP contribution in [0, 0.1) is 10.1 Å². The van der Waals surface area contributed by atoms with Crippen molar-refractivity contribution in [3.05, 3.63) is 28.3 Å². The van der Waals surface area contributed by atoms with E-state index in [2.05, 4.69) is 14.9 Å². The monoisotopic (exact) mass is 308 g/mol. The lowest BCUT2D eigenvalue weighted by Crippen LogP contribution is -2.36. The highest BCUT2D eigenvalue weighted by molar-refractivity contribution is 6.18. The minimum Gasteiger partial charge on any atom is -0.338 e. The molecule has 7 heteroatoms.